The van der Waals surface area contributed by atoms with Gasteiger partial charge in [-0.1, -0.05) is 32.4 Å². The van der Waals surface area contributed by atoms with Gasteiger partial charge in [0.2, 0.25) is 5.91 Å². The zero-order valence-corrected chi connectivity index (χ0v) is 17.8. The number of nitrogens with two attached hydrogens (primary N) is 1. The summed E-state index contributed by atoms with van der Waals surface area (Å²) in [6.45, 7) is 7.27. The van der Waals surface area contributed by atoms with Crippen LogP contribution in [0.15, 0.2) is 16.3 Å². The van der Waals surface area contributed by atoms with Crippen molar-refractivity contribution in [3.8, 4) is 0 Å². The number of hydrogen-bond acceptors (Lipinski definition) is 5. The number of rotatable bonds is 3. The van der Waals surface area contributed by atoms with Crippen molar-refractivity contribution in [2.24, 2.45) is 11.1 Å². The van der Waals surface area contributed by atoms with E-state index < -0.39 is 16.1 Å². The van der Waals surface area contributed by atoms with Crippen LogP contribution in [0, 0.1) is 5.41 Å². The molecule has 10 heteroatoms. The standard InChI is InChI=1S/C15H24ClN3O3S2.ClH/c1-15(2,3)13(17)14(20)18-7-4-8-19(10-9-18)24(21,22)12-6-5-11(16)23-12;/h5-6,13H,4,7-10,17H2,1-3H3;1H/t13-;/m1./s1. The van der Waals surface area contributed by atoms with E-state index in [-0.39, 0.29) is 34.5 Å². The molecule has 1 saturated heterocycles. The fraction of sp³-hybridized carbons (Fsp3) is 0.667. The Morgan fingerprint density at radius 1 is 1.24 bits per heavy atom. The van der Waals surface area contributed by atoms with Crippen molar-refractivity contribution in [3.05, 3.63) is 16.5 Å². The molecule has 1 aliphatic heterocycles. The summed E-state index contributed by atoms with van der Waals surface area (Å²) in [6.07, 6.45) is 0.584. The molecular formula is C15H25Cl2N3O3S2. The number of halogens is 2. The molecule has 2 N–H and O–H groups in total. The van der Waals surface area contributed by atoms with E-state index >= 15 is 0 Å². The van der Waals surface area contributed by atoms with Crippen LogP contribution in [-0.2, 0) is 14.8 Å². The third-order valence-electron chi connectivity index (χ3n) is 4.11. The van der Waals surface area contributed by atoms with Gasteiger partial charge in [-0.2, -0.15) is 4.31 Å². The van der Waals surface area contributed by atoms with Gasteiger partial charge in [-0.25, -0.2) is 8.42 Å². The van der Waals surface area contributed by atoms with E-state index in [1.807, 2.05) is 20.8 Å². The van der Waals surface area contributed by atoms with Gasteiger partial charge in [-0.3, -0.25) is 4.79 Å². The molecule has 0 radical (unpaired) electrons. The Balaban J connectivity index is 0.00000312. The molecule has 0 unspecified atom stereocenters. The molecule has 1 amide bonds. The highest BCUT2D eigenvalue weighted by Gasteiger charge is 2.34. The van der Waals surface area contributed by atoms with Crippen LogP contribution in [0.4, 0.5) is 0 Å². The first-order valence-corrected chi connectivity index (χ1v) is 10.5. The molecule has 1 aromatic rings. The Morgan fingerprint density at radius 2 is 1.88 bits per heavy atom. The summed E-state index contributed by atoms with van der Waals surface area (Å²) in [7, 11) is -3.56. The molecule has 6 nitrogen and oxygen atoms in total. The van der Waals surface area contributed by atoms with Crippen molar-refractivity contribution in [1.29, 1.82) is 0 Å². The Hall–Kier alpha value is -0.380. The smallest absolute Gasteiger partial charge is 0.252 e. The summed E-state index contributed by atoms with van der Waals surface area (Å²) < 4.78 is 27.4. The molecule has 0 bridgehead atoms. The summed E-state index contributed by atoms with van der Waals surface area (Å²) >= 11 is 6.89. The number of hydrogen-bond donors (Lipinski definition) is 1. The Labute approximate surface area is 164 Å². The van der Waals surface area contributed by atoms with Gasteiger partial charge in [0.1, 0.15) is 4.21 Å². The maximum Gasteiger partial charge on any atom is 0.252 e. The molecule has 0 aliphatic carbocycles. The molecular weight excluding hydrogens is 405 g/mol. The lowest BCUT2D eigenvalue weighted by molar-refractivity contribution is -0.134. The normalized spacial score (nSPS) is 18.4. The van der Waals surface area contributed by atoms with Crippen LogP contribution in [0.3, 0.4) is 0 Å². The number of carbonyl (C=O) groups excluding carboxylic acids is 1. The molecule has 0 aromatic carbocycles. The Bertz CT molecular complexity index is 701. The van der Waals surface area contributed by atoms with Crippen LogP contribution in [-0.4, -0.2) is 55.8 Å². The second kappa shape index (κ2) is 8.54. The minimum Gasteiger partial charge on any atom is -0.340 e. The molecule has 25 heavy (non-hydrogen) atoms. The number of thiophene rings is 1. The fourth-order valence-corrected chi connectivity index (χ4v) is 5.59. The van der Waals surface area contributed by atoms with E-state index in [1.165, 1.54) is 10.4 Å². The molecule has 0 saturated carbocycles. The highest BCUT2D eigenvalue weighted by molar-refractivity contribution is 7.91. The van der Waals surface area contributed by atoms with E-state index in [4.69, 9.17) is 17.3 Å². The first-order valence-electron chi connectivity index (χ1n) is 7.83. The molecule has 2 rings (SSSR count). The maximum absolute atomic E-state index is 12.7. The largest absolute Gasteiger partial charge is 0.340 e. The van der Waals surface area contributed by atoms with Gasteiger partial charge in [0.15, 0.2) is 0 Å². The van der Waals surface area contributed by atoms with Crippen LogP contribution in [0.5, 0.6) is 0 Å². The zero-order chi connectivity index (χ0) is 18.1. The van der Waals surface area contributed by atoms with Gasteiger partial charge in [-0.15, -0.1) is 23.7 Å². The van der Waals surface area contributed by atoms with Crippen molar-refractivity contribution in [2.75, 3.05) is 26.2 Å². The number of nitrogens with zero attached hydrogens (tertiary/aromatic N) is 2. The number of sulfonamides is 1. The molecule has 2 heterocycles. The number of carbonyl (C=O) groups is 1. The lowest BCUT2D eigenvalue weighted by Crippen LogP contribution is -2.51. The summed E-state index contributed by atoms with van der Waals surface area (Å²) in [5, 5.41) is 0. The van der Waals surface area contributed by atoms with Gasteiger partial charge >= 0.3 is 0 Å². The quantitative estimate of drug-likeness (QED) is 0.799. The Kier molecular flexibility index (Phi) is 7.74. The predicted octanol–water partition coefficient (Wildman–Crippen LogP) is 2.42. The second-order valence-corrected chi connectivity index (χ2v) is 10.9. The SMILES string of the molecule is CC(C)(C)[C@H](N)C(=O)N1CCCN(S(=O)(=O)c2ccc(Cl)s2)CC1.Cl. The zero-order valence-electron chi connectivity index (χ0n) is 14.6. The van der Waals surface area contributed by atoms with Crippen molar-refractivity contribution < 1.29 is 13.2 Å². The van der Waals surface area contributed by atoms with E-state index in [2.05, 4.69) is 0 Å². The molecule has 1 atom stereocenters. The summed E-state index contributed by atoms with van der Waals surface area (Å²) in [6, 6.07) is 2.50. The van der Waals surface area contributed by atoms with E-state index in [0.29, 0.717) is 30.4 Å². The van der Waals surface area contributed by atoms with Crippen molar-refractivity contribution >= 4 is 51.3 Å². The van der Waals surface area contributed by atoms with Gasteiger partial charge in [-0.05, 0) is 24.0 Å². The highest BCUT2D eigenvalue weighted by Crippen LogP contribution is 2.29. The summed E-state index contributed by atoms with van der Waals surface area (Å²) in [5.74, 6) is -0.124. The second-order valence-electron chi connectivity index (χ2n) is 6.99. The van der Waals surface area contributed by atoms with E-state index in [1.54, 1.807) is 11.0 Å². The summed E-state index contributed by atoms with van der Waals surface area (Å²) in [5.41, 5.74) is 5.72. The van der Waals surface area contributed by atoms with Crippen molar-refractivity contribution in [1.82, 2.24) is 9.21 Å². The monoisotopic (exact) mass is 429 g/mol. The molecule has 1 aromatic heterocycles. The highest BCUT2D eigenvalue weighted by atomic mass is 35.5. The maximum atomic E-state index is 12.7. The first-order chi connectivity index (χ1) is 11.0. The van der Waals surface area contributed by atoms with Crippen LogP contribution in [0.1, 0.15) is 27.2 Å². The van der Waals surface area contributed by atoms with Gasteiger partial charge in [0.25, 0.3) is 10.0 Å². The van der Waals surface area contributed by atoms with Crippen LogP contribution in [0.25, 0.3) is 0 Å². The lowest BCUT2D eigenvalue weighted by atomic mass is 9.86. The molecule has 0 spiro atoms. The molecule has 144 valence electrons. The predicted molar refractivity (Wildman–Crippen MR) is 104 cm³/mol. The minimum atomic E-state index is -3.56. The van der Waals surface area contributed by atoms with Crippen molar-refractivity contribution in [2.45, 2.75) is 37.4 Å². The lowest BCUT2D eigenvalue weighted by Gasteiger charge is -2.31. The van der Waals surface area contributed by atoms with E-state index in [0.717, 1.165) is 11.3 Å². The van der Waals surface area contributed by atoms with Gasteiger partial charge < -0.3 is 10.6 Å². The van der Waals surface area contributed by atoms with Crippen LogP contribution < -0.4 is 5.73 Å². The minimum absolute atomic E-state index is 0. The average Bonchev–Trinajstić information content (AvgIpc) is 2.78. The average molecular weight is 430 g/mol. The van der Waals surface area contributed by atoms with Gasteiger partial charge in [0.05, 0.1) is 10.4 Å². The summed E-state index contributed by atoms with van der Waals surface area (Å²) in [4.78, 5) is 14.2. The topological polar surface area (TPSA) is 83.7 Å². The van der Waals surface area contributed by atoms with Crippen molar-refractivity contribution in [3.63, 3.8) is 0 Å². The van der Waals surface area contributed by atoms with Gasteiger partial charge in [0, 0.05) is 26.2 Å². The van der Waals surface area contributed by atoms with E-state index in [9.17, 15) is 13.2 Å². The number of amides is 1. The molecule has 1 aliphatic rings. The Morgan fingerprint density at radius 3 is 2.40 bits per heavy atom. The first kappa shape index (κ1) is 22.7. The molecule has 1 fully saturated rings. The van der Waals surface area contributed by atoms with Crippen LogP contribution >= 0.6 is 35.3 Å². The third kappa shape index (κ3) is 5.30. The van der Waals surface area contributed by atoms with Crippen LogP contribution in [0.2, 0.25) is 4.34 Å². The third-order valence-corrected chi connectivity index (χ3v) is 7.71. The fourth-order valence-electron chi connectivity index (χ4n) is 2.49.